The molecule has 3 nitrogen and oxygen atoms in total. The Balaban J connectivity index is 1.63. The van der Waals surface area contributed by atoms with E-state index in [0.717, 1.165) is 30.2 Å². The minimum atomic E-state index is 0.185. The first-order valence-electron chi connectivity index (χ1n) is 8.46. The van der Waals surface area contributed by atoms with Gasteiger partial charge in [-0.05, 0) is 44.0 Å². The van der Waals surface area contributed by atoms with E-state index in [-0.39, 0.29) is 6.10 Å². The number of piperidine rings is 1. The molecule has 0 bridgehead atoms. The summed E-state index contributed by atoms with van der Waals surface area (Å²) in [5.41, 5.74) is 1.16. The fourth-order valence-electron chi connectivity index (χ4n) is 2.98. The van der Waals surface area contributed by atoms with E-state index in [0.29, 0.717) is 12.5 Å². The van der Waals surface area contributed by atoms with Crippen LogP contribution in [-0.4, -0.2) is 19.2 Å². The molecule has 0 spiro atoms. The Labute approximate surface area is 138 Å². The summed E-state index contributed by atoms with van der Waals surface area (Å²) < 4.78 is 12.2. The molecular formula is C20H25NO2. The van der Waals surface area contributed by atoms with Gasteiger partial charge in [-0.3, -0.25) is 0 Å². The Morgan fingerprint density at radius 1 is 1.04 bits per heavy atom. The van der Waals surface area contributed by atoms with E-state index in [4.69, 9.17) is 9.47 Å². The van der Waals surface area contributed by atoms with Gasteiger partial charge in [0.2, 0.25) is 0 Å². The van der Waals surface area contributed by atoms with Crippen LogP contribution in [-0.2, 0) is 6.61 Å². The van der Waals surface area contributed by atoms with Crippen molar-refractivity contribution < 1.29 is 9.47 Å². The highest BCUT2D eigenvalue weighted by Crippen LogP contribution is 2.30. The van der Waals surface area contributed by atoms with E-state index in [1.807, 2.05) is 42.5 Å². The molecule has 1 N–H and O–H groups in total. The Kier molecular flexibility index (Phi) is 5.54. The summed E-state index contributed by atoms with van der Waals surface area (Å²) in [7, 11) is 0. The van der Waals surface area contributed by atoms with Crippen LogP contribution in [0.15, 0.2) is 54.6 Å². The second-order valence-corrected chi connectivity index (χ2v) is 6.15. The maximum absolute atomic E-state index is 6.21. The number of ether oxygens (including phenoxy) is 2. The maximum atomic E-state index is 6.21. The van der Waals surface area contributed by atoms with Gasteiger partial charge in [0.15, 0.2) is 11.5 Å². The zero-order valence-corrected chi connectivity index (χ0v) is 13.7. The van der Waals surface area contributed by atoms with Crippen LogP contribution in [0.2, 0.25) is 0 Å². The minimum absolute atomic E-state index is 0.185. The molecule has 1 aliphatic rings. The fourth-order valence-corrected chi connectivity index (χ4v) is 2.98. The normalized spacial score (nSPS) is 19.1. The van der Waals surface area contributed by atoms with Crippen LogP contribution in [0.4, 0.5) is 0 Å². The Hall–Kier alpha value is -2.00. The molecule has 0 aromatic heterocycles. The molecule has 122 valence electrons. The zero-order valence-electron chi connectivity index (χ0n) is 13.7. The summed E-state index contributed by atoms with van der Waals surface area (Å²) in [6, 6.07) is 18.2. The number of nitrogens with one attached hydrogen (secondary N) is 1. The lowest BCUT2D eigenvalue weighted by Gasteiger charge is -2.29. The first-order chi connectivity index (χ1) is 11.3. The monoisotopic (exact) mass is 311 g/mol. The number of benzene rings is 2. The Bertz CT molecular complexity index is 594. The van der Waals surface area contributed by atoms with E-state index in [2.05, 4.69) is 24.4 Å². The minimum Gasteiger partial charge on any atom is -0.486 e. The van der Waals surface area contributed by atoms with Crippen LogP contribution in [0.5, 0.6) is 11.5 Å². The SMILES string of the molecule is CC(Oc1ccccc1OCc1ccccc1)C1CCCNC1. The van der Waals surface area contributed by atoms with Gasteiger partial charge in [0.1, 0.15) is 12.7 Å². The van der Waals surface area contributed by atoms with Gasteiger partial charge in [0.05, 0.1) is 0 Å². The molecule has 0 radical (unpaired) electrons. The van der Waals surface area contributed by atoms with Crippen LogP contribution in [0.25, 0.3) is 0 Å². The number of hydrogen-bond donors (Lipinski definition) is 1. The average molecular weight is 311 g/mol. The van der Waals surface area contributed by atoms with E-state index in [1.54, 1.807) is 0 Å². The van der Waals surface area contributed by atoms with E-state index in [1.165, 1.54) is 12.8 Å². The van der Waals surface area contributed by atoms with Crippen molar-refractivity contribution in [2.75, 3.05) is 13.1 Å². The largest absolute Gasteiger partial charge is 0.486 e. The number of para-hydroxylation sites is 2. The molecule has 0 aliphatic carbocycles. The van der Waals surface area contributed by atoms with Crippen molar-refractivity contribution in [2.24, 2.45) is 5.92 Å². The lowest BCUT2D eigenvalue weighted by atomic mass is 9.94. The molecule has 3 rings (SSSR count). The molecule has 2 atom stereocenters. The summed E-state index contributed by atoms with van der Waals surface area (Å²) in [5, 5.41) is 3.45. The Morgan fingerprint density at radius 2 is 1.78 bits per heavy atom. The second kappa shape index (κ2) is 8.02. The highest BCUT2D eigenvalue weighted by Gasteiger charge is 2.22. The smallest absolute Gasteiger partial charge is 0.161 e. The predicted molar refractivity (Wildman–Crippen MR) is 92.9 cm³/mol. The predicted octanol–water partition coefficient (Wildman–Crippen LogP) is 4.03. The van der Waals surface area contributed by atoms with E-state index in [9.17, 15) is 0 Å². The summed E-state index contributed by atoms with van der Waals surface area (Å²) in [5.74, 6) is 2.21. The third kappa shape index (κ3) is 4.49. The van der Waals surface area contributed by atoms with Gasteiger partial charge in [-0.25, -0.2) is 0 Å². The van der Waals surface area contributed by atoms with Crippen LogP contribution in [0, 0.1) is 5.92 Å². The molecule has 1 saturated heterocycles. The third-order valence-corrected chi connectivity index (χ3v) is 4.40. The molecule has 2 unspecified atom stereocenters. The topological polar surface area (TPSA) is 30.5 Å². The molecule has 0 saturated carbocycles. The highest BCUT2D eigenvalue weighted by atomic mass is 16.5. The van der Waals surface area contributed by atoms with E-state index < -0.39 is 0 Å². The lowest BCUT2D eigenvalue weighted by Crippen LogP contribution is -2.37. The van der Waals surface area contributed by atoms with Crippen LogP contribution in [0.1, 0.15) is 25.3 Å². The fraction of sp³-hybridized carbons (Fsp3) is 0.400. The Morgan fingerprint density at radius 3 is 2.52 bits per heavy atom. The van der Waals surface area contributed by atoms with Gasteiger partial charge in [0.25, 0.3) is 0 Å². The zero-order chi connectivity index (χ0) is 15.9. The summed E-state index contributed by atoms with van der Waals surface area (Å²) >= 11 is 0. The first-order valence-corrected chi connectivity index (χ1v) is 8.46. The van der Waals surface area contributed by atoms with Gasteiger partial charge >= 0.3 is 0 Å². The van der Waals surface area contributed by atoms with Crippen molar-refractivity contribution in [1.82, 2.24) is 5.32 Å². The van der Waals surface area contributed by atoms with Crippen LogP contribution in [0.3, 0.4) is 0 Å². The standard InChI is InChI=1S/C20H25NO2/c1-16(18-10-7-13-21-14-18)23-20-12-6-5-11-19(20)22-15-17-8-3-2-4-9-17/h2-6,8-9,11-12,16,18,21H,7,10,13-15H2,1H3. The van der Waals surface area contributed by atoms with Gasteiger partial charge in [-0.15, -0.1) is 0 Å². The lowest BCUT2D eigenvalue weighted by molar-refractivity contribution is 0.125. The number of rotatable bonds is 6. The molecule has 3 heteroatoms. The van der Waals surface area contributed by atoms with Gasteiger partial charge < -0.3 is 14.8 Å². The van der Waals surface area contributed by atoms with Crippen molar-refractivity contribution in [1.29, 1.82) is 0 Å². The van der Waals surface area contributed by atoms with Crippen molar-refractivity contribution in [2.45, 2.75) is 32.5 Å². The molecule has 2 aromatic rings. The van der Waals surface area contributed by atoms with Gasteiger partial charge in [0, 0.05) is 12.5 Å². The van der Waals surface area contributed by atoms with Crippen molar-refractivity contribution >= 4 is 0 Å². The summed E-state index contributed by atoms with van der Waals surface area (Å²) in [4.78, 5) is 0. The summed E-state index contributed by atoms with van der Waals surface area (Å²) in [6.07, 6.45) is 2.63. The first kappa shape index (κ1) is 15.9. The van der Waals surface area contributed by atoms with E-state index >= 15 is 0 Å². The van der Waals surface area contributed by atoms with Crippen molar-refractivity contribution in [3.05, 3.63) is 60.2 Å². The van der Waals surface area contributed by atoms with Crippen LogP contribution < -0.4 is 14.8 Å². The molecule has 1 heterocycles. The molecule has 1 fully saturated rings. The molecule has 0 amide bonds. The average Bonchev–Trinajstić information content (AvgIpc) is 2.62. The van der Waals surface area contributed by atoms with Crippen LogP contribution >= 0.6 is 0 Å². The molecule has 1 aliphatic heterocycles. The second-order valence-electron chi connectivity index (χ2n) is 6.15. The summed E-state index contributed by atoms with van der Waals surface area (Å²) in [6.45, 7) is 4.88. The maximum Gasteiger partial charge on any atom is 0.161 e. The quantitative estimate of drug-likeness (QED) is 0.873. The molecule has 2 aromatic carbocycles. The molecular weight excluding hydrogens is 286 g/mol. The highest BCUT2D eigenvalue weighted by molar-refractivity contribution is 5.39. The molecule has 23 heavy (non-hydrogen) atoms. The van der Waals surface area contributed by atoms with Gasteiger partial charge in [-0.1, -0.05) is 42.5 Å². The van der Waals surface area contributed by atoms with Gasteiger partial charge in [-0.2, -0.15) is 0 Å². The third-order valence-electron chi connectivity index (χ3n) is 4.40. The van der Waals surface area contributed by atoms with Crippen molar-refractivity contribution in [3.63, 3.8) is 0 Å². The van der Waals surface area contributed by atoms with Crippen molar-refractivity contribution in [3.8, 4) is 11.5 Å². The number of hydrogen-bond acceptors (Lipinski definition) is 3.